The van der Waals surface area contributed by atoms with E-state index in [1.807, 2.05) is 54.7 Å². The van der Waals surface area contributed by atoms with Gasteiger partial charge in [0.15, 0.2) is 5.36 Å². The molecule has 40 heavy (non-hydrogen) atoms. The molecular weight excluding hydrogens is 506 g/mol. The van der Waals surface area contributed by atoms with Crippen LogP contribution in [0.5, 0.6) is 0 Å². The van der Waals surface area contributed by atoms with Crippen LogP contribution < -0.4 is 10.7 Å². The fourth-order valence-electron chi connectivity index (χ4n) is 5.53. The topological polar surface area (TPSA) is 78.6 Å². The Hall–Kier alpha value is -5.86. The van der Waals surface area contributed by atoms with E-state index in [1.54, 1.807) is 12.1 Å². The molecule has 0 fully saturated rings. The Morgan fingerprint density at radius 2 is 1.07 bits per heavy atom. The van der Waals surface area contributed by atoms with Crippen LogP contribution in [-0.2, 0) is 0 Å². The Kier molecular flexibility index (Phi) is 5.16. The first-order valence-electron chi connectivity index (χ1n) is 12.2. The second-order valence-electron chi connectivity index (χ2n) is 9.31. The van der Waals surface area contributed by atoms with Crippen LogP contribution in [0, 0.1) is 29.9 Å². The first-order valence-corrected chi connectivity index (χ1v) is 12.2. The summed E-state index contributed by atoms with van der Waals surface area (Å²) in [6.45, 7) is 7.47. The quantitative estimate of drug-likeness (QED) is 0.110. The fourth-order valence-corrected chi connectivity index (χ4v) is 5.53. The molecule has 0 aliphatic heterocycles. The highest BCUT2D eigenvalue weighted by Crippen LogP contribution is 2.35. The fraction of sp³-hybridized carbons (Fsp3) is 0. The van der Waals surface area contributed by atoms with Crippen molar-refractivity contribution in [1.29, 1.82) is 5.26 Å². The Labute approximate surface area is 225 Å². The summed E-state index contributed by atoms with van der Waals surface area (Å²) in [7, 11) is 0. The molecule has 0 saturated carbocycles. The van der Waals surface area contributed by atoms with E-state index in [1.165, 1.54) is 24.5 Å². The number of hydrogen-bond acceptors (Lipinski definition) is 5. The van der Waals surface area contributed by atoms with E-state index in [0.29, 0.717) is 21.8 Å². The average Bonchev–Trinajstić information content (AvgIpc) is 3.43. The molecule has 8 heteroatoms. The first kappa shape index (κ1) is 23.3. The molecule has 0 bridgehead atoms. The third-order valence-corrected chi connectivity index (χ3v) is 7.23. The number of benzene rings is 3. The number of hydrogen-bond donors (Lipinski definition) is 0. The Morgan fingerprint density at radius 1 is 0.600 bits per heavy atom. The van der Waals surface area contributed by atoms with Gasteiger partial charge in [0.1, 0.15) is 0 Å². The summed E-state index contributed by atoms with van der Waals surface area (Å²) in [4.78, 5) is 14.8. The molecule has 7 aromatic rings. The van der Waals surface area contributed by atoms with Crippen molar-refractivity contribution in [3.8, 4) is 28.4 Å². The van der Waals surface area contributed by atoms with Gasteiger partial charge in [0.2, 0.25) is 18.1 Å². The van der Waals surface area contributed by atoms with E-state index < -0.39 is 11.9 Å². The molecule has 6 nitrogen and oxygen atoms in total. The Bertz CT molecular complexity index is 2220. The van der Waals surface area contributed by atoms with Gasteiger partial charge >= 0.3 is 0 Å². The zero-order valence-electron chi connectivity index (χ0n) is 20.5. The number of halogens is 2. The number of rotatable bonds is 2. The highest BCUT2D eigenvalue weighted by Gasteiger charge is 2.17. The molecule has 5 aromatic carbocycles. The third-order valence-electron chi connectivity index (χ3n) is 7.23. The smallest absolute Gasteiger partial charge is 0.213 e. The van der Waals surface area contributed by atoms with Gasteiger partial charge in [0.25, 0.3) is 0 Å². The van der Waals surface area contributed by atoms with E-state index >= 15 is 0 Å². The maximum atomic E-state index is 13.8. The molecule has 0 aliphatic carbocycles. The van der Waals surface area contributed by atoms with Crippen molar-refractivity contribution in [1.82, 2.24) is 9.97 Å². The summed E-state index contributed by atoms with van der Waals surface area (Å²) in [5.41, 5.74) is 2.87. The van der Waals surface area contributed by atoms with E-state index in [-0.39, 0.29) is 0 Å². The summed E-state index contributed by atoms with van der Waals surface area (Å²) in [5, 5.41) is 21.3. The van der Waals surface area contributed by atoms with E-state index in [2.05, 4.69) is 25.0 Å². The van der Waals surface area contributed by atoms with Gasteiger partial charge in [-0.25, -0.2) is 9.97 Å². The minimum Gasteiger partial charge on any atom is -0.228 e. The average molecular weight is 521 g/mol. The monoisotopic (exact) mass is 520 g/mol. The summed E-state index contributed by atoms with van der Waals surface area (Å²) in [5.74, 6) is -1.15. The van der Waals surface area contributed by atoms with Gasteiger partial charge in [0, 0.05) is 46.1 Å². The molecule has 0 radical (unpaired) electrons. The molecule has 0 N–H and O–H groups in total. The van der Waals surface area contributed by atoms with E-state index in [4.69, 9.17) is 6.57 Å². The van der Waals surface area contributed by atoms with Crippen LogP contribution in [0.2, 0.25) is 0 Å². The van der Waals surface area contributed by atoms with Crippen molar-refractivity contribution in [3.05, 3.63) is 119 Å². The molecule has 0 unspecified atom stereocenters. The van der Waals surface area contributed by atoms with Crippen LogP contribution in [0.1, 0.15) is 0 Å². The van der Waals surface area contributed by atoms with Crippen LogP contribution in [0.3, 0.4) is 0 Å². The normalized spacial score (nSPS) is 12.5. The van der Waals surface area contributed by atoms with E-state index in [9.17, 15) is 14.0 Å². The predicted molar refractivity (Wildman–Crippen MR) is 149 cm³/mol. The lowest BCUT2D eigenvalue weighted by Crippen LogP contribution is -1.99. The molecule has 0 spiro atoms. The summed E-state index contributed by atoms with van der Waals surface area (Å²) >= 11 is 0. The Morgan fingerprint density at radius 3 is 1.57 bits per heavy atom. The molecule has 2 aromatic heterocycles. The lowest BCUT2D eigenvalue weighted by Gasteiger charge is -2.02. The second kappa shape index (κ2) is 8.87. The zero-order chi connectivity index (χ0) is 27.4. The third kappa shape index (κ3) is 3.52. The van der Waals surface area contributed by atoms with Gasteiger partial charge in [-0.15, -0.1) is 4.95 Å². The van der Waals surface area contributed by atoms with Crippen molar-refractivity contribution in [3.63, 3.8) is 0 Å². The highest BCUT2D eigenvalue weighted by atomic mass is 19.1. The van der Waals surface area contributed by atoms with Gasteiger partial charge in [-0.1, -0.05) is 24.3 Å². The lowest BCUT2D eigenvalue weighted by molar-refractivity contribution is 0.584. The molecule has 0 amide bonds. The number of fused-ring (bicyclic) bond motifs is 6. The van der Waals surface area contributed by atoms with Crippen molar-refractivity contribution in [2.45, 2.75) is 0 Å². The summed E-state index contributed by atoms with van der Waals surface area (Å²) < 4.78 is 27.6. The number of pyridine rings is 2. The highest BCUT2D eigenvalue weighted by molar-refractivity contribution is 6.21. The van der Waals surface area contributed by atoms with Crippen molar-refractivity contribution in [2.24, 2.45) is 10.1 Å². The van der Waals surface area contributed by atoms with Gasteiger partial charge in [0.05, 0.1) is 10.5 Å². The molecule has 0 aliphatic rings. The van der Waals surface area contributed by atoms with Gasteiger partial charge in [-0.05, 0) is 80.2 Å². The van der Waals surface area contributed by atoms with Crippen LogP contribution >= 0.6 is 0 Å². The molecule has 0 saturated heterocycles. The van der Waals surface area contributed by atoms with Crippen LogP contribution in [-0.4, -0.2) is 9.97 Å². The molecule has 0 atom stereocenters. The van der Waals surface area contributed by atoms with Crippen LogP contribution in [0.15, 0.2) is 95.3 Å². The second-order valence-corrected chi connectivity index (χ2v) is 9.31. The summed E-state index contributed by atoms with van der Waals surface area (Å²) in [6, 6.07) is 21.6. The number of nitriles is 1. The number of aromatic nitrogens is 2. The molecule has 2 heterocycles. The minimum absolute atomic E-state index is 0.521. The number of nitrogens with zero attached hydrogens (tertiary/aromatic N) is 6. The van der Waals surface area contributed by atoms with Crippen molar-refractivity contribution in [2.75, 3.05) is 0 Å². The SMILES string of the molecule is [C-]#[N+]/N=c1\c2cc(-c3ccnc(F)c3)ccc2c2cc3/c(=N/C#N)c4cc(-c5ccnc(F)c5)ccc4c3cc12. The van der Waals surface area contributed by atoms with Gasteiger partial charge in [-0.2, -0.15) is 25.6 Å². The molecule has 7 rings (SSSR count). The van der Waals surface area contributed by atoms with Crippen LogP contribution in [0.4, 0.5) is 8.78 Å². The van der Waals surface area contributed by atoms with Crippen molar-refractivity contribution >= 4 is 43.1 Å². The van der Waals surface area contributed by atoms with Gasteiger partial charge < -0.3 is 0 Å². The standard InChI is InChI=1S/C32H14F2N6/c1-36-40-32-26-11-18(20-7-9-38-30(34)13-20)3-5-22(26)24-14-27-23(15-28(24)32)21-4-2-17(10-25(21)31(27)39-16-35)19-6-8-37-29(33)12-19/h2-15H/b39-31+,40-32+. The van der Waals surface area contributed by atoms with Crippen LogP contribution in [0.25, 0.3) is 70.3 Å². The van der Waals surface area contributed by atoms with E-state index in [0.717, 1.165) is 54.2 Å². The minimum atomic E-state index is -0.578. The maximum Gasteiger partial charge on any atom is 0.213 e. The first-order chi connectivity index (χ1) is 19.6. The van der Waals surface area contributed by atoms with Crippen molar-refractivity contribution < 1.29 is 8.78 Å². The zero-order valence-corrected chi connectivity index (χ0v) is 20.5. The molecular formula is C32H14F2N6. The molecule has 186 valence electrons. The maximum absolute atomic E-state index is 13.8. The lowest BCUT2D eigenvalue weighted by atomic mass is 10.0. The Balaban J connectivity index is 1.56. The predicted octanol–water partition coefficient (Wildman–Crippen LogP) is 6.69. The van der Waals surface area contributed by atoms with Gasteiger partial charge in [-0.3, -0.25) is 0 Å². The summed E-state index contributed by atoms with van der Waals surface area (Å²) in [6.07, 6.45) is 4.75. The largest absolute Gasteiger partial charge is 0.228 e.